The maximum Gasteiger partial charge on any atom is 0.164 e. The molecule has 0 radical (unpaired) electrons. The van der Waals surface area contributed by atoms with E-state index in [2.05, 4.69) is 131 Å². The van der Waals surface area contributed by atoms with Crippen LogP contribution in [-0.2, 0) is 0 Å². The van der Waals surface area contributed by atoms with Crippen LogP contribution in [0.3, 0.4) is 0 Å². The van der Waals surface area contributed by atoms with E-state index in [9.17, 15) is 0 Å². The van der Waals surface area contributed by atoms with Gasteiger partial charge in [-0.1, -0.05) is 103 Å². The van der Waals surface area contributed by atoms with Gasteiger partial charge in [-0.25, -0.2) is 15.0 Å². The molecule has 3 heterocycles. The van der Waals surface area contributed by atoms with Crippen molar-refractivity contribution in [3.8, 4) is 39.9 Å². The predicted octanol–water partition coefficient (Wildman–Crippen LogP) is 10.8. The maximum atomic E-state index is 5.15. The van der Waals surface area contributed by atoms with E-state index in [0.717, 1.165) is 49.6 Å². The molecule has 0 N–H and O–H groups in total. The van der Waals surface area contributed by atoms with Crippen LogP contribution in [0.25, 0.3) is 94.0 Å². The summed E-state index contributed by atoms with van der Waals surface area (Å²) in [4.78, 5) is 19.6. The highest BCUT2D eigenvalue weighted by atomic mass is 15.0. The minimum absolute atomic E-state index is 0.638. The molecule has 0 unspecified atom stereocenters. The number of hydrogen-bond donors (Lipinski definition) is 0. The number of aromatic nitrogens is 5. The molecule has 3 aromatic heterocycles. The first kappa shape index (κ1) is 27.4. The molecule has 0 spiro atoms. The smallest absolute Gasteiger partial charge is 0.164 e. The second-order valence-corrected chi connectivity index (χ2v) is 12.4. The van der Waals surface area contributed by atoms with Crippen molar-refractivity contribution in [1.82, 2.24) is 24.5 Å². The van der Waals surface area contributed by atoms with E-state index in [1.165, 1.54) is 26.9 Å². The van der Waals surface area contributed by atoms with E-state index in [0.29, 0.717) is 17.5 Å². The van der Waals surface area contributed by atoms with Crippen LogP contribution in [0.2, 0.25) is 0 Å². The Labute approximate surface area is 281 Å². The van der Waals surface area contributed by atoms with Crippen molar-refractivity contribution in [2.24, 2.45) is 0 Å². The van der Waals surface area contributed by atoms with Gasteiger partial charge in [0, 0.05) is 50.9 Å². The molecular formula is C44H27N5. The molecule has 5 heteroatoms. The molecule has 7 aromatic carbocycles. The van der Waals surface area contributed by atoms with Crippen molar-refractivity contribution in [3.63, 3.8) is 0 Å². The van der Waals surface area contributed by atoms with E-state index < -0.39 is 0 Å². The number of pyridine rings is 1. The number of fused-ring (bicyclic) bond motifs is 8. The van der Waals surface area contributed by atoms with E-state index in [1.807, 2.05) is 42.7 Å². The lowest BCUT2D eigenvalue weighted by Gasteiger charge is -2.11. The summed E-state index contributed by atoms with van der Waals surface area (Å²) in [6, 6.07) is 53.1. The summed E-state index contributed by atoms with van der Waals surface area (Å²) in [5.41, 5.74) is 6.25. The Bertz CT molecular complexity index is 2880. The van der Waals surface area contributed by atoms with Gasteiger partial charge in [-0.05, 0) is 75.5 Å². The fourth-order valence-electron chi connectivity index (χ4n) is 7.17. The second-order valence-electron chi connectivity index (χ2n) is 12.4. The van der Waals surface area contributed by atoms with E-state index in [4.69, 9.17) is 15.0 Å². The van der Waals surface area contributed by atoms with Crippen molar-refractivity contribution in [2.75, 3.05) is 0 Å². The number of hydrogen-bond acceptors (Lipinski definition) is 4. The van der Waals surface area contributed by atoms with Crippen LogP contribution in [0.4, 0.5) is 0 Å². The Morgan fingerprint density at radius 3 is 1.76 bits per heavy atom. The minimum Gasteiger partial charge on any atom is -0.309 e. The van der Waals surface area contributed by atoms with Crippen molar-refractivity contribution in [3.05, 3.63) is 164 Å². The third kappa shape index (κ3) is 4.48. The van der Waals surface area contributed by atoms with Gasteiger partial charge in [0.2, 0.25) is 0 Å². The topological polar surface area (TPSA) is 56.5 Å². The van der Waals surface area contributed by atoms with E-state index >= 15 is 0 Å². The quantitative estimate of drug-likeness (QED) is 0.183. The summed E-state index contributed by atoms with van der Waals surface area (Å²) in [5.74, 6) is 1.92. The van der Waals surface area contributed by atoms with Gasteiger partial charge in [-0.3, -0.25) is 4.98 Å². The molecular weight excluding hydrogens is 599 g/mol. The van der Waals surface area contributed by atoms with Crippen molar-refractivity contribution in [2.45, 2.75) is 0 Å². The van der Waals surface area contributed by atoms with Gasteiger partial charge < -0.3 is 4.57 Å². The average Bonchev–Trinajstić information content (AvgIpc) is 3.51. The molecule has 0 bridgehead atoms. The standard InChI is InChI=1S/C44H27N5/c1-3-9-29(10-4-1)42-46-43(30-16-15-28-17-20-35-34-23-24-45-27-32(34)18-21-36(35)38(28)25-30)48-44(47-42)31-19-22-41-39(26-31)37-13-7-8-14-40(37)49(41)33-11-5-2-6-12-33/h1-27H. The zero-order valence-electron chi connectivity index (χ0n) is 26.3. The van der Waals surface area contributed by atoms with E-state index in [-0.39, 0.29) is 0 Å². The Kier molecular flexibility index (Phi) is 6.11. The Balaban J connectivity index is 1.19. The molecule has 0 aliphatic carbocycles. The van der Waals surface area contributed by atoms with Gasteiger partial charge >= 0.3 is 0 Å². The van der Waals surface area contributed by atoms with Gasteiger partial charge in [-0.2, -0.15) is 0 Å². The Hall–Kier alpha value is -6.72. The van der Waals surface area contributed by atoms with Crippen LogP contribution in [0.5, 0.6) is 0 Å². The third-order valence-electron chi connectivity index (χ3n) is 9.51. The molecule has 228 valence electrons. The van der Waals surface area contributed by atoms with Crippen LogP contribution in [0, 0.1) is 0 Å². The first-order chi connectivity index (χ1) is 24.3. The third-order valence-corrected chi connectivity index (χ3v) is 9.51. The average molecular weight is 626 g/mol. The molecule has 0 atom stereocenters. The molecule has 5 nitrogen and oxygen atoms in total. The van der Waals surface area contributed by atoms with Crippen molar-refractivity contribution < 1.29 is 0 Å². The molecule has 10 rings (SSSR count). The lowest BCUT2D eigenvalue weighted by Crippen LogP contribution is -2.00. The molecule has 0 aliphatic rings. The lowest BCUT2D eigenvalue weighted by atomic mass is 9.96. The molecule has 49 heavy (non-hydrogen) atoms. The normalized spacial score (nSPS) is 11.7. The monoisotopic (exact) mass is 625 g/mol. The van der Waals surface area contributed by atoms with Gasteiger partial charge in [0.15, 0.2) is 17.5 Å². The summed E-state index contributed by atoms with van der Waals surface area (Å²) in [7, 11) is 0. The van der Waals surface area contributed by atoms with Gasteiger partial charge in [0.05, 0.1) is 11.0 Å². The summed E-state index contributed by atoms with van der Waals surface area (Å²) in [6.07, 6.45) is 3.78. The number of para-hydroxylation sites is 2. The number of benzene rings is 7. The zero-order chi connectivity index (χ0) is 32.3. The molecule has 0 saturated carbocycles. The number of rotatable bonds is 4. The van der Waals surface area contributed by atoms with Crippen LogP contribution < -0.4 is 0 Å². The second kappa shape index (κ2) is 10.9. The lowest BCUT2D eigenvalue weighted by molar-refractivity contribution is 1.07. The minimum atomic E-state index is 0.638. The van der Waals surface area contributed by atoms with Crippen molar-refractivity contribution >= 4 is 54.1 Å². The highest BCUT2D eigenvalue weighted by molar-refractivity contribution is 6.17. The first-order valence-electron chi connectivity index (χ1n) is 16.4. The number of nitrogens with zero attached hydrogens (tertiary/aromatic N) is 5. The summed E-state index contributed by atoms with van der Waals surface area (Å²) < 4.78 is 2.32. The maximum absolute atomic E-state index is 5.15. The SMILES string of the molecule is c1ccc(-c2nc(-c3ccc4ccc5c6ccncc6ccc5c4c3)nc(-c3ccc4c(c3)c3ccccc3n4-c3ccccc3)n2)cc1. The summed E-state index contributed by atoms with van der Waals surface area (Å²) in [6.45, 7) is 0. The zero-order valence-corrected chi connectivity index (χ0v) is 26.3. The largest absolute Gasteiger partial charge is 0.309 e. The molecule has 0 saturated heterocycles. The van der Waals surface area contributed by atoms with E-state index in [1.54, 1.807) is 0 Å². The molecule has 10 aromatic rings. The summed E-state index contributed by atoms with van der Waals surface area (Å²) >= 11 is 0. The van der Waals surface area contributed by atoms with Gasteiger partial charge in [0.25, 0.3) is 0 Å². The predicted molar refractivity (Wildman–Crippen MR) is 201 cm³/mol. The summed E-state index contributed by atoms with van der Waals surface area (Å²) in [5, 5.41) is 9.38. The highest BCUT2D eigenvalue weighted by Gasteiger charge is 2.17. The Morgan fingerprint density at radius 2 is 0.959 bits per heavy atom. The molecule has 0 amide bonds. The molecule has 0 fully saturated rings. The van der Waals surface area contributed by atoms with Crippen LogP contribution >= 0.6 is 0 Å². The molecule has 0 aliphatic heterocycles. The Morgan fingerprint density at radius 1 is 0.367 bits per heavy atom. The van der Waals surface area contributed by atoms with Gasteiger partial charge in [-0.15, -0.1) is 0 Å². The van der Waals surface area contributed by atoms with Gasteiger partial charge in [0.1, 0.15) is 0 Å². The van der Waals surface area contributed by atoms with Crippen LogP contribution in [0.15, 0.2) is 164 Å². The highest BCUT2D eigenvalue weighted by Crippen LogP contribution is 2.36. The fourth-order valence-corrected chi connectivity index (χ4v) is 7.17. The van der Waals surface area contributed by atoms with Crippen molar-refractivity contribution in [1.29, 1.82) is 0 Å². The first-order valence-corrected chi connectivity index (χ1v) is 16.4. The van der Waals surface area contributed by atoms with Crippen LogP contribution in [0.1, 0.15) is 0 Å². The van der Waals surface area contributed by atoms with Crippen LogP contribution in [-0.4, -0.2) is 24.5 Å². The fraction of sp³-hybridized carbons (Fsp3) is 0.